The lowest BCUT2D eigenvalue weighted by Crippen LogP contribution is -1.73. The minimum Gasteiger partial charge on any atom is -0.207 e. The van der Waals surface area contributed by atoms with Gasteiger partial charge < -0.3 is 0 Å². The third-order valence-electron chi connectivity index (χ3n) is 1.35. The van der Waals surface area contributed by atoms with Gasteiger partial charge in [0.2, 0.25) is 0 Å². The second kappa shape index (κ2) is 3.91. The molecule has 1 aromatic rings. The largest absolute Gasteiger partial charge is 0.207 e. The van der Waals surface area contributed by atoms with Gasteiger partial charge in [-0.2, -0.15) is 0 Å². The van der Waals surface area contributed by atoms with E-state index in [9.17, 15) is 4.39 Å². The van der Waals surface area contributed by atoms with Crippen molar-refractivity contribution in [3.8, 4) is 0 Å². The molecule has 0 heterocycles. The summed E-state index contributed by atoms with van der Waals surface area (Å²) in [4.78, 5) is 0. The van der Waals surface area contributed by atoms with Crippen LogP contribution in [0, 0.1) is 12.7 Å². The SMILES string of the molecule is [CH2]C/C=C/c1ccc(F)cc1. The summed E-state index contributed by atoms with van der Waals surface area (Å²) in [6.07, 6.45) is 4.62. The molecule has 0 N–H and O–H groups in total. The summed E-state index contributed by atoms with van der Waals surface area (Å²) < 4.78 is 12.4. The van der Waals surface area contributed by atoms with Crippen molar-refractivity contribution in [3.05, 3.63) is 48.6 Å². The van der Waals surface area contributed by atoms with Crippen LogP contribution in [0.5, 0.6) is 0 Å². The standard InChI is InChI=1S/C10H10F/c1-2-3-4-9-5-7-10(11)8-6-9/h3-8H,1-2H2/b4-3+. The Balaban J connectivity index is 2.73. The van der Waals surface area contributed by atoms with E-state index >= 15 is 0 Å². The lowest BCUT2D eigenvalue weighted by atomic mass is 10.2. The molecule has 0 fully saturated rings. The lowest BCUT2D eigenvalue weighted by molar-refractivity contribution is 0.628. The first-order valence-corrected chi connectivity index (χ1v) is 3.54. The highest BCUT2D eigenvalue weighted by molar-refractivity contribution is 5.48. The van der Waals surface area contributed by atoms with Crippen LogP contribution in [0.1, 0.15) is 12.0 Å². The summed E-state index contributed by atoms with van der Waals surface area (Å²) in [5.74, 6) is -0.197. The van der Waals surface area contributed by atoms with Gasteiger partial charge in [0.05, 0.1) is 0 Å². The fourth-order valence-corrected chi connectivity index (χ4v) is 0.793. The smallest absolute Gasteiger partial charge is 0.123 e. The quantitative estimate of drug-likeness (QED) is 0.606. The van der Waals surface area contributed by atoms with Crippen LogP contribution in [-0.2, 0) is 0 Å². The molecule has 11 heavy (non-hydrogen) atoms. The molecule has 0 saturated heterocycles. The monoisotopic (exact) mass is 149 g/mol. The maximum atomic E-state index is 12.4. The molecule has 1 radical (unpaired) electrons. The number of allylic oxidation sites excluding steroid dienone is 1. The van der Waals surface area contributed by atoms with E-state index in [0.717, 1.165) is 12.0 Å². The molecule has 0 saturated carbocycles. The molecular formula is C10H10F. The molecule has 57 valence electrons. The molecule has 0 spiro atoms. The Morgan fingerprint density at radius 3 is 2.45 bits per heavy atom. The predicted octanol–water partition coefficient (Wildman–Crippen LogP) is 3.06. The van der Waals surface area contributed by atoms with Crippen LogP contribution >= 0.6 is 0 Å². The minimum absolute atomic E-state index is 0.197. The van der Waals surface area contributed by atoms with Crippen molar-refractivity contribution >= 4 is 6.08 Å². The van der Waals surface area contributed by atoms with Crippen LogP contribution in [0.15, 0.2) is 30.3 Å². The van der Waals surface area contributed by atoms with Gasteiger partial charge in [-0.1, -0.05) is 24.3 Å². The lowest BCUT2D eigenvalue weighted by Gasteiger charge is -1.90. The summed E-state index contributed by atoms with van der Waals surface area (Å²) in [5.41, 5.74) is 1.01. The van der Waals surface area contributed by atoms with Crippen LogP contribution in [0.3, 0.4) is 0 Å². The van der Waals surface area contributed by atoms with E-state index in [0.29, 0.717) is 0 Å². The highest BCUT2D eigenvalue weighted by atomic mass is 19.1. The van der Waals surface area contributed by atoms with E-state index in [4.69, 9.17) is 0 Å². The van der Waals surface area contributed by atoms with E-state index in [1.807, 2.05) is 12.2 Å². The van der Waals surface area contributed by atoms with Gasteiger partial charge in [0.25, 0.3) is 0 Å². The van der Waals surface area contributed by atoms with E-state index < -0.39 is 0 Å². The Kier molecular flexibility index (Phi) is 2.84. The Hall–Kier alpha value is -1.11. The Morgan fingerprint density at radius 2 is 1.91 bits per heavy atom. The molecule has 0 atom stereocenters. The molecule has 0 aliphatic rings. The number of rotatable bonds is 2. The first-order valence-electron chi connectivity index (χ1n) is 3.54. The molecule has 0 amide bonds. The second-order valence-electron chi connectivity index (χ2n) is 2.24. The normalized spacial score (nSPS) is 10.7. The number of halogens is 1. The van der Waals surface area contributed by atoms with Gasteiger partial charge in [-0.15, -0.1) is 0 Å². The fraction of sp³-hybridized carbons (Fsp3) is 0.100. The van der Waals surface area contributed by atoms with Crippen molar-refractivity contribution in [3.63, 3.8) is 0 Å². The number of hydrogen-bond acceptors (Lipinski definition) is 0. The van der Waals surface area contributed by atoms with Gasteiger partial charge in [-0.05, 0) is 31.0 Å². The van der Waals surface area contributed by atoms with Gasteiger partial charge in [0.15, 0.2) is 0 Å². The van der Waals surface area contributed by atoms with E-state index in [1.54, 1.807) is 12.1 Å². The molecule has 1 heteroatoms. The van der Waals surface area contributed by atoms with Gasteiger partial charge in [-0.25, -0.2) is 4.39 Å². The van der Waals surface area contributed by atoms with Crippen LogP contribution in [-0.4, -0.2) is 0 Å². The molecule has 1 aromatic carbocycles. The Bertz CT molecular complexity index is 234. The van der Waals surface area contributed by atoms with Crippen molar-refractivity contribution in [2.45, 2.75) is 6.42 Å². The van der Waals surface area contributed by atoms with E-state index in [-0.39, 0.29) is 5.82 Å². The van der Waals surface area contributed by atoms with Gasteiger partial charge >= 0.3 is 0 Å². The zero-order chi connectivity index (χ0) is 8.10. The molecule has 0 aliphatic heterocycles. The minimum atomic E-state index is -0.197. The van der Waals surface area contributed by atoms with Crippen molar-refractivity contribution < 1.29 is 4.39 Å². The average Bonchev–Trinajstić information content (AvgIpc) is 2.04. The summed E-state index contributed by atoms with van der Waals surface area (Å²) >= 11 is 0. The van der Waals surface area contributed by atoms with Crippen molar-refractivity contribution in [2.24, 2.45) is 0 Å². The molecule has 1 rings (SSSR count). The van der Waals surface area contributed by atoms with Crippen molar-refractivity contribution in [1.29, 1.82) is 0 Å². The van der Waals surface area contributed by atoms with Crippen LogP contribution in [0.4, 0.5) is 4.39 Å². The Labute approximate surface area is 66.4 Å². The predicted molar refractivity (Wildman–Crippen MR) is 45.4 cm³/mol. The molecule has 0 aliphatic carbocycles. The van der Waals surface area contributed by atoms with Crippen LogP contribution in [0.25, 0.3) is 6.08 Å². The number of hydrogen-bond donors (Lipinski definition) is 0. The van der Waals surface area contributed by atoms with Crippen LogP contribution in [0.2, 0.25) is 0 Å². The summed E-state index contributed by atoms with van der Waals surface area (Å²) in [6, 6.07) is 6.37. The van der Waals surface area contributed by atoms with Gasteiger partial charge in [0.1, 0.15) is 5.82 Å². The van der Waals surface area contributed by atoms with Crippen molar-refractivity contribution in [1.82, 2.24) is 0 Å². The maximum absolute atomic E-state index is 12.4. The topological polar surface area (TPSA) is 0 Å². The zero-order valence-electron chi connectivity index (χ0n) is 6.26. The molecule has 0 unspecified atom stereocenters. The molecule has 0 bridgehead atoms. The van der Waals surface area contributed by atoms with Gasteiger partial charge in [-0.3, -0.25) is 0 Å². The van der Waals surface area contributed by atoms with E-state index in [2.05, 4.69) is 6.92 Å². The first kappa shape index (κ1) is 7.99. The first-order chi connectivity index (χ1) is 5.33. The summed E-state index contributed by atoms with van der Waals surface area (Å²) in [7, 11) is 0. The molecular weight excluding hydrogens is 139 g/mol. The second-order valence-corrected chi connectivity index (χ2v) is 2.24. The molecule has 0 nitrogen and oxygen atoms in total. The summed E-state index contributed by atoms with van der Waals surface area (Å²) in [5, 5.41) is 0. The average molecular weight is 149 g/mol. The maximum Gasteiger partial charge on any atom is 0.123 e. The van der Waals surface area contributed by atoms with Crippen LogP contribution < -0.4 is 0 Å². The fourth-order valence-electron chi connectivity index (χ4n) is 0.793. The van der Waals surface area contributed by atoms with Crippen molar-refractivity contribution in [2.75, 3.05) is 0 Å². The Morgan fingerprint density at radius 1 is 1.27 bits per heavy atom. The van der Waals surface area contributed by atoms with Gasteiger partial charge in [0, 0.05) is 0 Å². The third-order valence-corrected chi connectivity index (χ3v) is 1.35. The summed E-state index contributed by atoms with van der Waals surface area (Å²) in [6.45, 7) is 3.66. The third kappa shape index (κ3) is 2.54. The van der Waals surface area contributed by atoms with E-state index in [1.165, 1.54) is 12.1 Å². The zero-order valence-corrected chi connectivity index (χ0v) is 6.26. The highest BCUT2D eigenvalue weighted by Crippen LogP contribution is 2.04. The molecule has 0 aromatic heterocycles. The highest BCUT2D eigenvalue weighted by Gasteiger charge is 1.86. The number of benzene rings is 1.